The molecule has 0 bridgehead atoms. The molecule has 0 aromatic heterocycles. The van der Waals surface area contributed by atoms with Gasteiger partial charge in [0.05, 0.1) is 6.10 Å². The molecule has 0 saturated carbocycles. The number of hydrogen-bond donors (Lipinski definition) is 2. The average Bonchev–Trinajstić information content (AvgIpc) is 2.40. The van der Waals surface area contributed by atoms with Gasteiger partial charge in [0.25, 0.3) is 0 Å². The molecule has 1 aliphatic rings. The molecule has 0 radical (unpaired) electrons. The maximum Gasteiger partial charge on any atom is 0.0602 e. The summed E-state index contributed by atoms with van der Waals surface area (Å²) in [6.45, 7) is 3.09. The van der Waals surface area contributed by atoms with Gasteiger partial charge in [-0.05, 0) is 37.3 Å². The van der Waals surface area contributed by atoms with E-state index in [9.17, 15) is 5.11 Å². The van der Waals surface area contributed by atoms with Crippen molar-refractivity contribution in [3.05, 3.63) is 35.9 Å². The van der Waals surface area contributed by atoms with Crippen LogP contribution in [0.4, 0.5) is 0 Å². The van der Waals surface area contributed by atoms with Crippen LogP contribution < -0.4 is 0 Å². The quantitative estimate of drug-likeness (QED) is 0.834. The van der Waals surface area contributed by atoms with Gasteiger partial charge >= 0.3 is 0 Å². The van der Waals surface area contributed by atoms with Gasteiger partial charge in [-0.2, -0.15) is 0 Å². The highest BCUT2D eigenvalue weighted by atomic mass is 16.3. The summed E-state index contributed by atoms with van der Waals surface area (Å²) in [4.78, 5) is 2.41. The number of likely N-dealkylation sites (tertiary alicyclic amines) is 1. The summed E-state index contributed by atoms with van der Waals surface area (Å²) >= 11 is 0. The molecular formula is C15H23NO2. The van der Waals surface area contributed by atoms with E-state index in [0.29, 0.717) is 12.3 Å². The molecule has 18 heavy (non-hydrogen) atoms. The van der Waals surface area contributed by atoms with Crippen molar-refractivity contribution in [2.24, 2.45) is 5.92 Å². The van der Waals surface area contributed by atoms with Gasteiger partial charge < -0.3 is 10.2 Å². The van der Waals surface area contributed by atoms with Gasteiger partial charge in [0, 0.05) is 19.7 Å². The molecule has 2 atom stereocenters. The second-order valence-corrected chi connectivity index (χ2v) is 5.20. The first-order valence-corrected chi connectivity index (χ1v) is 6.85. The zero-order valence-electron chi connectivity index (χ0n) is 10.8. The smallest absolute Gasteiger partial charge is 0.0602 e. The van der Waals surface area contributed by atoms with Crippen molar-refractivity contribution < 1.29 is 10.2 Å². The van der Waals surface area contributed by atoms with Gasteiger partial charge in [-0.1, -0.05) is 30.3 Å². The zero-order valence-corrected chi connectivity index (χ0v) is 10.8. The van der Waals surface area contributed by atoms with Crippen LogP contribution in [0, 0.1) is 5.92 Å². The fourth-order valence-electron chi connectivity index (χ4n) is 2.76. The Hall–Kier alpha value is -0.900. The number of rotatable bonds is 5. The standard InChI is InChI=1S/C15H23NO2/c17-10-8-15(18)14-7-4-9-16(12-14)11-13-5-2-1-3-6-13/h1-3,5-6,14-15,17-18H,4,7-12H2/t14-,15+/m1/s1. The predicted molar refractivity (Wildman–Crippen MR) is 72.2 cm³/mol. The lowest BCUT2D eigenvalue weighted by atomic mass is 9.91. The van der Waals surface area contributed by atoms with E-state index >= 15 is 0 Å². The number of aliphatic hydroxyl groups excluding tert-OH is 2. The molecule has 2 N–H and O–H groups in total. The lowest BCUT2D eigenvalue weighted by Gasteiger charge is -2.35. The molecule has 1 aromatic rings. The van der Waals surface area contributed by atoms with E-state index in [1.54, 1.807) is 0 Å². The largest absolute Gasteiger partial charge is 0.396 e. The highest BCUT2D eigenvalue weighted by Crippen LogP contribution is 2.22. The first kappa shape index (κ1) is 13.5. The highest BCUT2D eigenvalue weighted by Gasteiger charge is 2.25. The topological polar surface area (TPSA) is 43.7 Å². The van der Waals surface area contributed by atoms with Gasteiger partial charge in [-0.25, -0.2) is 0 Å². The SMILES string of the molecule is OCC[C@H](O)[C@@H]1CCCN(Cc2ccccc2)C1. The van der Waals surface area contributed by atoms with Crippen molar-refractivity contribution in [1.82, 2.24) is 4.90 Å². The van der Waals surface area contributed by atoms with Gasteiger partial charge in [0.1, 0.15) is 0 Å². The fraction of sp³-hybridized carbons (Fsp3) is 0.600. The molecule has 3 nitrogen and oxygen atoms in total. The molecule has 1 saturated heterocycles. The van der Waals surface area contributed by atoms with Crippen LogP contribution in [-0.4, -0.2) is 40.9 Å². The molecule has 100 valence electrons. The number of aliphatic hydroxyl groups is 2. The van der Waals surface area contributed by atoms with Gasteiger partial charge in [-0.3, -0.25) is 4.90 Å². The summed E-state index contributed by atoms with van der Waals surface area (Å²) in [5.41, 5.74) is 1.33. The number of benzene rings is 1. The Labute approximate surface area is 109 Å². The van der Waals surface area contributed by atoms with Crippen LogP contribution in [0.15, 0.2) is 30.3 Å². The van der Waals surface area contributed by atoms with Crippen LogP contribution in [0.1, 0.15) is 24.8 Å². The fourth-order valence-corrected chi connectivity index (χ4v) is 2.76. The molecule has 1 aliphatic heterocycles. The van der Waals surface area contributed by atoms with Crippen molar-refractivity contribution in [3.8, 4) is 0 Å². The summed E-state index contributed by atoms with van der Waals surface area (Å²) in [6, 6.07) is 10.5. The molecule has 0 spiro atoms. The third kappa shape index (κ3) is 3.80. The molecule has 2 rings (SSSR count). The van der Waals surface area contributed by atoms with E-state index in [1.165, 1.54) is 5.56 Å². The third-order valence-electron chi connectivity index (χ3n) is 3.76. The van der Waals surface area contributed by atoms with Crippen molar-refractivity contribution in [3.63, 3.8) is 0 Å². The molecular weight excluding hydrogens is 226 g/mol. The zero-order chi connectivity index (χ0) is 12.8. The van der Waals surface area contributed by atoms with Gasteiger partial charge in [0.15, 0.2) is 0 Å². The van der Waals surface area contributed by atoms with Crippen molar-refractivity contribution >= 4 is 0 Å². The van der Waals surface area contributed by atoms with E-state index in [2.05, 4.69) is 29.2 Å². The average molecular weight is 249 g/mol. The van der Waals surface area contributed by atoms with Gasteiger partial charge in [0.2, 0.25) is 0 Å². The minimum absolute atomic E-state index is 0.0797. The van der Waals surface area contributed by atoms with E-state index in [-0.39, 0.29) is 12.7 Å². The monoisotopic (exact) mass is 249 g/mol. The summed E-state index contributed by atoms with van der Waals surface area (Å²) in [5, 5.41) is 18.9. The highest BCUT2D eigenvalue weighted by molar-refractivity contribution is 5.14. The van der Waals surface area contributed by atoms with E-state index in [4.69, 9.17) is 5.11 Å². The summed E-state index contributed by atoms with van der Waals surface area (Å²) in [6.07, 6.45) is 2.37. The van der Waals surface area contributed by atoms with Crippen molar-refractivity contribution in [1.29, 1.82) is 0 Å². The molecule has 1 heterocycles. The third-order valence-corrected chi connectivity index (χ3v) is 3.76. The second kappa shape index (κ2) is 6.88. The molecule has 0 amide bonds. The summed E-state index contributed by atoms with van der Waals surface area (Å²) in [5.74, 6) is 0.314. The van der Waals surface area contributed by atoms with Crippen LogP contribution in [0.3, 0.4) is 0 Å². The van der Waals surface area contributed by atoms with Gasteiger partial charge in [-0.15, -0.1) is 0 Å². The lowest BCUT2D eigenvalue weighted by molar-refractivity contribution is 0.0324. The maximum atomic E-state index is 9.97. The predicted octanol–water partition coefficient (Wildman–Crippen LogP) is 1.64. The molecule has 1 aromatic carbocycles. The Bertz CT molecular complexity index is 342. The minimum Gasteiger partial charge on any atom is -0.396 e. The number of hydrogen-bond acceptors (Lipinski definition) is 3. The Morgan fingerprint density at radius 3 is 2.78 bits per heavy atom. The molecule has 0 aliphatic carbocycles. The minimum atomic E-state index is -0.353. The lowest BCUT2D eigenvalue weighted by Crippen LogP contribution is -2.40. The summed E-state index contributed by atoms with van der Waals surface area (Å²) < 4.78 is 0. The van der Waals surface area contributed by atoms with Crippen LogP contribution in [0.2, 0.25) is 0 Å². The van der Waals surface area contributed by atoms with Crippen LogP contribution in [0.25, 0.3) is 0 Å². The molecule has 3 heteroatoms. The maximum absolute atomic E-state index is 9.97. The van der Waals surface area contributed by atoms with Crippen LogP contribution in [-0.2, 0) is 6.54 Å². The Morgan fingerprint density at radius 2 is 2.06 bits per heavy atom. The Balaban J connectivity index is 1.87. The second-order valence-electron chi connectivity index (χ2n) is 5.20. The van der Waals surface area contributed by atoms with E-state index in [0.717, 1.165) is 32.5 Å². The van der Waals surface area contributed by atoms with E-state index < -0.39 is 0 Å². The van der Waals surface area contributed by atoms with Crippen molar-refractivity contribution in [2.45, 2.75) is 31.9 Å². The number of piperidine rings is 1. The Kier molecular flexibility index (Phi) is 5.17. The first-order chi connectivity index (χ1) is 8.79. The van der Waals surface area contributed by atoms with Crippen LogP contribution >= 0.6 is 0 Å². The first-order valence-electron chi connectivity index (χ1n) is 6.85. The number of nitrogens with zero attached hydrogens (tertiary/aromatic N) is 1. The van der Waals surface area contributed by atoms with Crippen LogP contribution in [0.5, 0.6) is 0 Å². The van der Waals surface area contributed by atoms with Crippen molar-refractivity contribution in [2.75, 3.05) is 19.7 Å². The summed E-state index contributed by atoms with van der Waals surface area (Å²) in [7, 11) is 0. The molecule has 1 fully saturated rings. The van der Waals surface area contributed by atoms with E-state index in [1.807, 2.05) is 6.07 Å². The normalized spacial score (nSPS) is 22.9. The molecule has 0 unspecified atom stereocenters. The Morgan fingerprint density at radius 1 is 1.28 bits per heavy atom.